The van der Waals surface area contributed by atoms with Gasteiger partial charge in [0.2, 0.25) is 5.91 Å². The van der Waals surface area contributed by atoms with Gasteiger partial charge in [-0.3, -0.25) is 4.79 Å². The van der Waals surface area contributed by atoms with E-state index in [1.54, 1.807) is 0 Å². The molecule has 0 aliphatic carbocycles. The Hall–Kier alpha value is -1.26. The molecule has 2 atom stereocenters. The van der Waals surface area contributed by atoms with Crippen LogP contribution in [0.25, 0.3) is 0 Å². The number of hydrogen-bond donors (Lipinski definition) is 1. The molecule has 0 aromatic heterocycles. The minimum absolute atomic E-state index is 0.323. The number of piperazine rings is 1. The number of carbonyl (C=O) groups excluding carboxylic acids is 1. The Bertz CT molecular complexity index is 534. The van der Waals surface area contributed by atoms with Gasteiger partial charge in [0.25, 0.3) is 0 Å². The lowest BCUT2D eigenvalue weighted by molar-refractivity contribution is -0.132. The standard InChI is InChI=1S/C19H28ClN3O/c1-15(16-3-2-8-21-14-16)13-19(24)23-11-9-22(10-12-23)18-6-4-17(20)5-7-18/h4-7,15-16,21H,2-3,8-14H2,1H3. The van der Waals surface area contributed by atoms with Gasteiger partial charge in [0.05, 0.1) is 0 Å². The van der Waals surface area contributed by atoms with Gasteiger partial charge in [0.1, 0.15) is 0 Å². The largest absolute Gasteiger partial charge is 0.368 e. The fourth-order valence-corrected chi connectivity index (χ4v) is 3.93. The summed E-state index contributed by atoms with van der Waals surface area (Å²) in [5.41, 5.74) is 1.19. The highest BCUT2D eigenvalue weighted by molar-refractivity contribution is 6.30. The van der Waals surface area contributed by atoms with Crippen molar-refractivity contribution in [2.24, 2.45) is 11.8 Å². The fourth-order valence-electron chi connectivity index (χ4n) is 3.80. The summed E-state index contributed by atoms with van der Waals surface area (Å²) in [6, 6.07) is 7.96. The maximum Gasteiger partial charge on any atom is 0.222 e. The van der Waals surface area contributed by atoms with Crippen LogP contribution in [0.2, 0.25) is 5.02 Å². The van der Waals surface area contributed by atoms with Crippen LogP contribution in [0.1, 0.15) is 26.2 Å². The number of nitrogens with zero attached hydrogens (tertiary/aromatic N) is 2. The lowest BCUT2D eigenvalue weighted by Crippen LogP contribution is -2.49. The van der Waals surface area contributed by atoms with Gasteiger partial charge < -0.3 is 15.1 Å². The maximum absolute atomic E-state index is 12.6. The van der Waals surface area contributed by atoms with E-state index in [0.717, 1.165) is 44.3 Å². The van der Waals surface area contributed by atoms with Crippen LogP contribution in [0.3, 0.4) is 0 Å². The minimum atomic E-state index is 0.323. The van der Waals surface area contributed by atoms with Crippen molar-refractivity contribution in [3.63, 3.8) is 0 Å². The van der Waals surface area contributed by atoms with Crippen molar-refractivity contribution >= 4 is 23.2 Å². The smallest absolute Gasteiger partial charge is 0.222 e. The van der Waals surface area contributed by atoms with Crippen molar-refractivity contribution in [1.82, 2.24) is 10.2 Å². The van der Waals surface area contributed by atoms with Gasteiger partial charge >= 0.3 is 0 Å². The van der Waals surface area contributed by atoms with E-state index >= 15 is 0 Å². The zero-order chi connectivity index (χ0) is 16.9. The summed E-state index contributed by atoms with van der Waals surface area (Å²) < 4.78 is 0. The first-order chi connectivity index (χ1) is 11.6. The van der Waals surface area contributed by atoms with Crippen molar-refractivity contribution in [2.75, 3.05) is 44.2 Å². The average Bonchev–Trinajstić information content (AvgIpc) is 2.63. The van der Waals surface area contributed by atoms with Crippen LogP contribution in [0, 0.1) is 11.8 Å². The summed E-state index contributed by atoms with van der Waals surface area (Å²) >= 11 is 5.95. The number of halogens is 1. The molecule has 5 heteroatoms. The second kappa shape index (κ2) is 8.21. The average molecular weight is 350 g/mol. The minimum Gasteiger partial charge on any atom is -0.368 e. The second-order valence-electron chi connectivity index (χ2n) is 7.13. The zero-order valence-corrected chi connectivity index (χ0v) is 15.3. The Balaban J connectivity index is 1.47. The van der Waals surface area contributed by atoms with Gasteiger partial charge in [-0.05, 0) is 62.0 Å². The molecule has 4 nitrogen and oxygen atoms in total. The van der Waals surface area contributed by atoms with E-state index in [0.29, 0.717) is 24.2 Å². The Morgan fingerprint density at radius 3 is 2.58 bits per heavy atom. The van der Waals surface area contributed by atoms with Gasteiger partial charge in [-0.2, -0.15) is 0 Å². The van der Waals surface area contributed by atoms with E-state index in [9.17, 15) is 4.79 Å². The van der Waals surface area contributed by atoms with E-state index in [1.807, 2.05) is 17.0 Å². The van der Waals surface area contributed by atoms with Crippen LogP contribution in [0.4, 0.5) is 5.69 Å². The second-order valence-corrected chi connectivity index (χ2v) is 7.57. The third-order valence-electron chi connectivity index (χ3n) is 5.46. The Kier molecular flexibility index (Phi) is 6.01. The Morgan fingerprint density at radius 2 is 1.96 bits per heavy atom. The summed E-state index contributed by atoms with van der Waals surface area (Å²) in [6.07, 6.45) is 3.18. The molecule has 2 unspecified atom stereocenters. The number of piperidine rings is 1. The van der Waals surface area contributed by atoms with Gasteiger partial charge in [0, 0.05) is 43.3 Å². The van der Waals surface area contributed by atoms with Crippen molar-refractivity contribution in [3.05, 3.63) is 29.3 Å². The van der Waals surface area contributed by atoms with E-state index < -0.39 is 0 Å². The van der Waals surface area contributed by atoms with Gasteiger partial charge in [0.15, 0.2) is 0 Å². The summed E-state index contributed by atoms with van der Waals surface area (Å²) in [7, 11) is 0. The predicted molar refractivity (Wildman–Crippen MR) is 99.6 cm³/mol. The van der Waals surface area contributed by atoms with Gasteiger partial charge in [-0.25, -0.2) is 0 Å². The summed E-state index contributed by atoms with van der Waals surface area (Å²) in [4.78, 5) is 17.0. The van der Waals surface area contributed by atoms with Crippen LogP contribution in [0.5, 0.6) is 0 Å². The quantitative estimate of drug-likeness (QED) is 0.907. The number of amides is 1. The van der Waals surface area contributed by atoms with Crippen LogP contribution in [0.15, 0.2) is 24.3 Å². The predicted octanol–water partition coefficient (Wildman–Crippen LogP) is 3.01. The molecule has 0 saturated carbocycles. The van der Waals surface area contributed by atoms with Crippen molar-refractivity contribution in [1.29, 1.82) is 0 Å². The molecule has 2 aliphatic rings. The normalized spacial score (nSPS) is 23.2. The fraction of sp³-hybridized carbons (Fsp3) is 0.632. The summed E-state index contributed by atoms with van der Waals surface area (Å²) in [5, 5.41) is 4.22. The number of nitrogens with one attached hydrogen (secondary N) is 1. The van der Waals surface area contributed by atoms with E-state index in [-0.39, 0.29) is 0 Å². The molecule has 2 saturated heterocycles. The highest BCUT2D eigenvalue weighted by Crippen LogP contribution is 2.24. The van der Waals surface area contributed by atoms with Gasteiger partial charge in [-0.1, -0.05) is 18.5 Å². The molecule has 2 aliphatic heterocycles. The molecule has 1 amide bonds. The van der Waals surface area contributed by atoms with Crippen molar-refractivity contribution < 1.29 is 4.79 Å². The number of carbonyl (C=O) groups is 1. The van der Waals surface area contributed by atoms with Crippen LogP contribution in [-0.4, -0.2) is 50.1 Å². The highest BCUT2D eigenvalue weighted by Gasteiger charge is 2.26. The molecule has 0 spiro atoms. The number of benzene rings is 1. The van der Waals surface area contributed by atoms with Crippen LogP contribution in [-0.2, 0) is 4.79 Å². The first-order valence-corrected chi connectivity index (χ1v) is 9.50. The number of anilines is 1. The molecule has 0 radical (unpaired) electrons. The van der Waals surface area contributed by atoms with Crippen LogP contribution >= 0.6 is 11.6 Å². The third kappa shape index (κ3) is 4.42. The topological polar surface area (TPSA) is 35.6 Å². The first kappa shape index (κ1) is 17.6. The van der Waals surface area contributed by atoms with Crippen LogP contribution < -0.4 is 10.2 Å². The maximum atomic E-state index is 12.6. The molecule has 1 N–H and O–H groups in total. The zero-order valence-electron chi connectivity index (χ0n) is 14.5. The van der Waals surface area contributed by atoms with E-state index in [4.69, 9.17) is 11.6 Å². The molecular formula is C19H28ClN3O. The van der Waals surface area contributed by atoms with Crippen molar-refractivity contribution in [2.45, 2.75) is 26.2 Å². The molecule has 132 valence electrons. The van der Waals surface area contributed by atoms with E-state index in [1.165, 1.54) is 18.5 Å². The Labute approximate surface area is 150 Å². The lowest BCUT2D eigenvalue weighted by atomic mass is 9.85. The molecule has 2 heterocycles. The summed E-state index contributed by atoms with van der Waals surface area (Å²) in [6.45, 7) is 7.86. The van der Waals surface area contributed by atoms with E-state index in [2.05, 4.69) is 29.3 Å². The molecule has 2 fully saturated rings. The molecule has 1 aromatic carbocycles. The molecule has 3 rings (SSSR count). The molecular weight excluding hydrogens is 322 g/mol. The van der Waals surface area contributed by atoms with Crippen molar-refractivity contribution in [3.8, 4) is 0 Å². The number of hydrogen-bond acceptors (Lipinski definition) is 3. The number of rotatable bonds is 4. The summed E-state index contributed by atoms with van der Waals surface area (Å²) in [5.74, 6) is 1.45. The monoisotopic (exact) mass is 349 g/mol. The Morgan fingerprint density at radius 1 is 1.25 bits per heavy atom. The lowest BCUT2D eigenvalue weighted by Gasteiger charge is -2.37. The molecule has 0 bridgehead atoms. The SMILES string of the molecule is CC(CC(=O)N1CCN(c2ccc(Cl)cc2)CC1)C1CCCNC1. The highest BCUT2D eigenvalue weighted by atomic mass is 35.5. The van der Waals surface area contributed by atoms with Gasteiger partial charge in [-0.15, -0.1) is 0 Å². The molecule has 1 aromatic rings. The third-order valence-corrected chi connectivity index (χ3v) is 5.71. The first-order valence-electron chi connectivity index (χ1n) is 9.12. The molecule has 24 heavy (non-hydrogen) atoms.